The Hall–Kier alpha value is -1.82. The number of nitro groups is 1. The van der Waals surface area contributed by atoms with Crippen LogP contribution in [0.3, 0.4) is 0 Å². The van der Waals surface area contributed by atoms with E-state index in [1.165, 1.54) is 12.5 Å². The van der Waals surface area contributed by atoms with Gasteiger partial charge in [0, 0.05) is 30.4 Å². The Labute approximate surface area is 118 Å². The number of non-ortho nitro benzene ring substituents is 1. The van der Waals surface area contributed by atoms with Gasteiger partial charge in [-0.3, -0.25) is 10.1 Å². The first-order valence-corrected chi connectivity index (χ1v) is 7.08. The van der Waals surface area contributed by atoms with Crippen LogP contribution in [0.5, 0.6) is 5.75 Å². The lowest BCUT2D eigenvalue weighted by atomic mass is 10.1. The second kappa shape index (κ2) is 7.09. The number of rotatable bonds is 5. The van der Waals surface area contributed by atoms with Crippen molar-refractivity contribution in [3.05, 3.63) is 28.3 Å². The van der Waals surface area contributed by atoms with Gasteiger partial charge in [-0.05, 0) is 26.3 Å². The van der Waals surface area contributed by atoms with Crippen LogP contribution in [0.25, 0.3) is 0 Å². The highest BCUT2D eigenvalue weighted by atomic mass is 16.6. The normalized spacial score (nSPS) is 19.1. The fourth-order valence-electron chi connectivity index (χ4n) is 2.40. The Morgan fingerprint density at radius 2 is 2.30 bits per heavy atom. The standard InChI is InChI=1S/C14H21N3O3/c1-2-20-14-8-12(7-13(9-14)17(18)19)16-11-5-3-4-6-15-10-11/h7-9,11,15-16H,2-6,10H2,1H3. The van der Waals surface area contributed by atoms with E-state index in [-0.39, 0.29) is 10.6 Å². The molecule has 110 valence electrons. The number of benzene rings is 1. The van der Waals surface area contributed by atoms with Crippen LogP contribution in [-0.4, -0.2) is 30.7 Å². The maximum Gasteiger partial charge on any atom is 0.275 e. The molecule has 1 atom stereocenters. The van der Waals surface area contributed by atoms with Crippen LogP contribution in [-0.2, 0) is 0 Å². The van der Waals surface area contributed by atoms with Gasteiger partial charge in [0.1, 0.15) is 5.75 Å². The molecule has 1 fully saturated rings. The summed E-state index contributed by atoms with van der Waals surface area (Å²) in [5.74, 6) is 0.533. The zero-order chi connectivity index (χ0) is 14.4. The Kier molecular flexibility index (Phi) is 5.17. The highest BCUT2D eigenvalue weighted by Gasteiger charge is 2.15. The third kappa shape index (κ3) is 4.09. The molecule has 1 aromatic rings. The van der Waals surface area contributed by atoms with E-state index in [1.54, 1.807) is 6.07 Å². The minimum atomic E-state index is -0.390. The van der Waals surface area contributed by atoms with Gasteiger partial charge in [-0.1, -0.05) is 6.42 Å². The molecule has 0 aromatic heterocycles. The number of ether oxygens (including phenoxy) is 1. The second-order valence-electron chi connectivity index (χ2n) is 4.95. The van der Waals surface area contributed by atoms with Gasteiger partial charge in [0.25, 0.3) is 5.69 Å². The van der Waals surface area contributed by atoms with Crippen LogP contribution in [0.15, 0.2) is 18.2 Å². The summed E-state index contributed by atoms with van der Waals surface area (Å²) in [6.07, 6.45) is 3.41. The van der Waals surface area contributed by atoms with Crippen molar-refractivity contribution < 1.29 is 9.66 Å². The third-order valence-electron chi connectivity index (χ3n) is 3.33. The zero-order valence-corrected chi connectivity index (χ0v) is 11.7. The van der Waals surface area contributed by atoms with Crippen LogP contribution >= 0.6 is 0 Å². The maximum atomic E-state index is 11.0. The van der Waals surface area contributed by atoms with Crippen molar-refractivity contribution in [2.45, 2.75) is 32.2 Å². The summed E-state index contributed by atoms with van der Waals surface area (Å²) in [5, 5.41) is 17.7. The van der Waals surface area contributed by atoms with Crippen LogP contribution in [0.2, 0.25) is 0 Å². The molecule has 20 heavy (non-hydrogen) atoms. The molecule has 0 aliphatic carbocycles. The molecule has 0 amide bonds. The van der Waals surface area contributed by atoms with Gasteiger partial charge < -0.3 is 15.4 Å². The third-order valence-corrected chi connectivity index (χ3v) is 3.33. The first-order valence-electron chi connectivity index (χ1n) is 7.08. The second-order valence-corrected chi connectivity index (χ2v) is 4.95. The van der Waals surface area contributed by atoms with Gasteiger partial charge >= 0.3 is 0 Å². The predicted octanol–water partition coefficient (Wildman–Crippen LogP) is 2.55. The molecule has 0 bridgehead atoms. The number of anilines is 1. The zero-order valence-electron chi connectivity index (χ0n) is 11.7. The molecule has 0 radical (unpaired) electrons. The van der Waals surface area contributed by atoms with Gasteiger partial charge in [-0.2, -0.15) is 0 Å². The Bertz CT molecular complexity index is 457. The summed E-state index contributed by atoms with van der Waals surface area (Å²) in [6.45, 7) is 4.27. The molecule has 1 aliphatic rings. The minimum Gasteiger partial charge on any atom is -0.494 e. The van der Waals surface area contributed by atoms with Crippen molar-refractivity contribution in [3.8, 4) is 5.75 Å². The van der Waals surface area contributed by atoms with E-state index in [0.29, 0.717) is 18.4 Å². The van der Waals surface area contributed by atoms with Crippen molar-refractivity contribution in [3.63, 3.8) is 0 Å². The van der Waals surface area contributed by atoms with Crippen molar-refractivity contribution >= 4 is 11.4 Å². The van der Waals surface area contributed by atoms with E-state index >= 15 is 0 Å². The number of nitro benzene ring substituents is 1. The van der Waals surface area contributed by atoms with Gasteiger partial charge in [-0.25, -0.2) is 0 Å². The molecule has 1 heterocycles. The molecule has 1 unspecified atom stereocenters. The molecule has 1 aliphatic heterocycles. The lowest BCUT2D eigenvalue weighted by Crippen LogP contribution is -2.30. The van der Waals surface area contributed by atoms with E-state index in [9.17, 15) is 10.1 Å². The van der Waals surface area contributed by atoms with E-state index in [4.69, 9.17) is 4.74 Å². The van der Waals surface area contributed by atoms with Gasteiger partial charge in [0.2, 0.25) is 0 Å². The SMILES string of the molecule is CCOc1cc(NC2CCCCNC2)cc([N+](=O)[O-])c1. The molecular weight excluding hydrogens is 258 g/mol. The highest BCUT2D eigenvalue weighted by Crippen LogP contribution is 2.27. The largest absolute Gasteiger partial charge is 0.494 e. The fraction of sp³-hybridized carbons (Fsp3) is 0.571. The molecule has 0 saturated carbocycles. The summed E-state index contributed by atoms with van der Waals surface area (Å²) in [6, 6.07) is 5.14. The van der Waals surface area contributed by atoms with Crippen molar-refractivity contribution in [2.24, 2.45) is 0 Å². The molecule has 2 N–H and O–H groups in total. The summed E-state index contributed by atoms with van der Waals surface area (Å²) < 4.78 is 5.39. The van der Waals surface area contributed by atoms with Crippen LogP contribution < -0.4 is 15.4 Å². The molecular formula is C14H21N3O3. The number of hydrogen-bond acceptors (Lipinski definition) is 5. The maximum absolute atomic E-state index is 11.0. The topological polar surface area (TPSA) is 76.4 Å². The van der Waals surface area contributed by atoms with Crippen LogP contribution in [0, 0.1) is 10.1 Å². The summed E-state index contributed by atoms with van der Waals surface area (Å²) in [7, 11) is 0. The highest BCUT2D eigenvalue weighted by molar-refractivity contribution is 5.56. The van der Waals surface area contributed by atoms with Crippen LogP contribution in [0.1, 0.15) is 26.2 Å². The van der Waals surface area contributed by atoms with E-state index in [2.05, 4.69) is 10.6 Å². The molecule has 6 heteroatoms. The molecule has 0 spiro atoms. The lowest BCUT2D eigenvalue weighted by Gasteiger charge is -2.18. The predicted molar refractivity (Wildman–Crippen MR) is 78.4 cm³/mol. The Morgan fingerprint density at radius 1 is 1.45 bits per heavy atom. The van der Waals surface area contributed by atoms with Gasteiger partial charge in [-0.15, -0.1) is 0 Å². The summed E-state index contributed by atoms with van der Waals surface area (Å²) in [5.41, 5.74) is 0.802. The summed E-state index contributed by atoms with van der Waals surface area (Å²) >= 11 is 0. The fourth-order valence-corrected chi connectivity index (χ4v) is 2.40. The van der Waals surface area contributed by atoms with Crippen molar-refractivity contribution in [1.82, 2.24) is 5.32 Å². The lowest BCUT2D eigenvalue weighted by molar-refractivity contribution is -0.384. The first-order chi connectivity index (χ1) is 9.69. The van der Waals surface area contributed by atoms with Gasteiger partial charge in [0.05, 0.1) is 17.6 Å². The van der Waals surface area contributed by atoms with Crippen molar-refractivity contribution in [1.29, 1.82) is 0 Å². The van der Waals surface area contributed by atoms with E-state index < -0.39 is 0 Å². The van der Waals surface area contributed by atoms with Gasteiger partial charge in [0.15, 0.2) is 0 Å². The Balaban J connectivity index is 2.14. The molecule has 1 aromatic carbocycles. The Morgan fingerprint density at radius 3 is 3.05 bits per heavy atom. The summed E-state index contributed by atoms with van der Waals surface area (Å²) in [4.78, 5) is 10.6. The quantitative estimate of drug-likeness (QED) is 0.640. The number of nitrogens with zero attached hydrogens (tertiary/aromatic N) is 1. The number of nitrogens with one attached hydrogen (secondary N) is 2. The monoisotopic (exact) mass is 279 g/mol. The average molecular weight is 279 g/mol. The van der Waals surface area contributed by atoms with Crippen LogP contribution in [0.4, 0.5) is 11.4 Å². The van der Waals surface area contributed by atoms with Crippen molar-refractivity contribution in [2.75, 3.05) is 25.0 Å². The van der Waals surface area contributed by atoms with E-state index in [0.717, 1.165) is 31.6 Å². The average Bonchev–Trinajstić information content (AvgIpc) is 2.67. The number of hydrogen-bond donors (Lipinski definition) is 2. The minimum absolute atomic E-state index is 0.0556. The van der Waals surface area contributed by atoms with E-state index in [1.807, 2.05) is 13.0 Å². The smallest absolute Gasteiger partial charge is 0.275 e. The molecule has 6 nitrogen and oxygen atoms in total. The molecule has 2 rings (SSSR count). The first kappa shape index (κ1) is 14.6. The molecule has 1 saturated heterocycles.